The summed E-state index contributed by atoms with van der Waals surface area (Å²) < 4.78 is 0. The second-order valence-corrected chi connectivity index (χ2v) is 12.8. The van der Waals surface area contributed by atoms with Gasteiger partial charge in [0, 0.05) is 11.1 Å². The van der Waals surface area contributed by atoms with E-state index in [4.69, 9.17) is 92.8 Å². The van der Waals surface area contributed by atoms with Crippen molar-refractivity contribution in [3.63, 3.8) is 0 Å². The van der Waals surface area contributed by atoms with E-state index in [2.05, 4.69) is 0 Å². The first-order valence-corrected chi connectivity index (χ1v) is 15.3. The summed E-state index contributed by atoms with van der Waals surface area (Å²) in [6.45, 7) is 0. The van der Waals surface area contributed by atoms with E-state index in [1.807, 2.05) is 18.2 Å². The van der Waals surface area contributed by atoms with E-state index in [0.29, 0.717) is 53.8 Å². The van der Waals surface area contributed by atoms with Crippen molar-refractivity contribution in [2.45, 2.75) is 12.2 Å². The summed E-state index contributed by atoms with van der Waals surface area (Å²) in [6, 6.07) is 23.5. The van der Waals surface area contributed by atoms with Gasteiger partial charge in [-0.05, 0) is 88.3 Å². The number of benzene rings is 5. The Kier molecular flexibility index (Phi) is 9.64. The molecule has 0 aliphatic heterocycles. The Morgan fingerprint density at radius 3 is 1.45 bits per heavy atom. The molecule has 10 heteroatoms. The Morgan fingerprint density at radius 2 is 0.929 bits per heavy atom. The second-order valence-electron chi connectivity index (χ2n) is 9.51. The third kappa shape index (κ3) is 6.41. The standard InChI is InChI=1S/C32H18Cl8O2/c33-22-7-1-16(12-26(22)37)11-17-2-6-21(32(41,42)20-5-10-25(36)29(40)15-20)31(19-4-9-24(35)28(39)14-19)30(17)18-3-8-23(34)27(38)13-18/h1-10,12-15,41-42H,11H2. The summed E-state index contributed by atoms with van der Waals surface area (Å²) in [6.07, 6.45) is 0.414. The highest BCUT2D eigenvalue weighted by Gasteiger charge is 2.34. The maximum Gasteiger partial charge on any atom is 0.218 e. The van der Waals surface area contributed by atoms with Crippen LogP contribution >= 0.6 is 92.8 Å². The van der Waals surface area contributed by atoms with E-state index < -0.39 is 5.79 Å². The zero-order valence-electron chi connectivity index (χ0n) is 21.2. The van der Waals surface area contributed by atoms with Crippen molar-refractivity contribution in [2.75, 3.05) is 0 Å². The van der Waals surface area contributed by atoms with Gasteiger partial charge in [0.25, 0.3) is 0 Å². The monoisotopic (exact) mass is 714 g/mol. The molecule has 0 fully saturated rings. The molecular weight excluding hydrogens is 700 g/mol. The fourth-order valence-corrected chi connectivity index (χ4v) is 5.97. The van der Waals surface area contributed by atoms with Gasteiger partial charge < -0.3 is 10.2 Å². The third-order valence-electron chi connectivity index (χ3n) is 6.78. The van der Waals surface area contributed by atoms with Crippen molar-refractivity contribution in [1.29, 1.82) is 0 Å². The lowest BCUT2D eigenvalue weighted by atomic mass is 9.81. The van der Waals surface area contributed by atoms with Gasteiger partial charge in [0.15, 0.2) is 0 Å². The molecule has 2 N–H and O–H groups in total. The summed E-state index contributed by atoms with van der Waals surface area (Å²) in [5, 5.41) is 26.1. The Labute approximate surface area is 282 Å². The van der Waals surface area contributed by atoms with E-state index in [9.17, 15) is 10.2 Å². The molecule has 0 aromatic heterocycles. The largest absolute Gasteiger partial charge is 0.358 e. The summed E-state index contributed by atoms with van der Waals surface area (Å²) in [5.41, 5.74) is 4.33. The summed E-state index contributed by atoms with van der Waals surface area (Å²) in [4.78, 5) is 0. The van der Waals surface area contributed by atoms with Crippen LogP contribution in [0.5, 0.6) is 0 Å². The molecule has 0 bridgehead atoms. The maximum absolute atomic E-state index is 11.8. The predicted octanol–water partition coefficient (Wildman–Crippen LogP) is 12.0. The van der Waals surface area contributed by atoms with Crippen LogP contribution in [0.4, 0.5) is 0 Å². The molecule has 0 heterocycles. The minimum atomic E-state index is -2.51. The highest BCUT2D eigenvalue weighted by molar-refractivity contribution is 6.43. The van der Waals surface area contributed by atoms with Crippen LogP contribution in [0, 0.1) is 0 Å². The Morgan fingerprint density at radius 1 is 0.452 bits per heavy atom. The normalized spacial score (nSPS) is 11.7. The fourth-order valence-electron chi connectivity index (χ4n) is 4.75. The maximum atomic E-state index is 11.8. The first-order valence-electron chi connectivity index (χ1n) is 12.3. The van der Waals surface area contributed by atoms with Crippen molar-refractivity contribution in [3.05, 3.63) is 147 Å². The van der Waals surface area contributed by atoms with Crippen LogP contribution in [0.25, 0.3) is 22.3 Å². The van der Waals surface area contributed by atoms with Gasteiger partial charge in [0.1, 0.15) is 0 Å². The molecule has 2 nitrogen and oxygen atoms in total. The summed E-state index contributed by atoms with van der Waals surface area (Å²) in [7, 11) is 0. The van der Waals surface area contributed by atoms with Crippen molar-refractivity contribution < 1.29 is 10.2 Å². The van der Waals surface area contributed by atoms with Crippen LogP contribution in [0.3, 0.4) is 0 Å². The number of aliphatic hydroxyl groups is 2. The van der Waals surface area contributed by atoms with Gasteiger partial charge in [-0.25, -0.2) is 0 Å². The van der Waals surface area contributed by atoms with Crippen LogP contribution < -0.4 is 0 Å². The average Bonchev–Trinajstić information content (AvgIpc) is 2.95. The van der Waals surface area contributed by atoms with Crippen LogP contribution in [-0.2, 0) is 12.2 Å². The van der Waals surface area contributed by atoms with Crippen molar-refractivity contribution >= 4 is 92.8 Å². The predicted molar refractivity (Wildman–Crippen MR) is 178 cm³/mol. The van der Waals surface area contributed by atoms with Crippen molar-refractivity contribution in [3.8, 4) is 22.3 Å². The molecule has 5 rings (SSSR count). The lowest BCUT2D eigenvalue weighted by Crippen LogP contribution is -2.28. The molecule has 0 saturated carbocycles. The van der Waals surface area contributed by atoms with Gasteiger partial charge in [0.05, 0.1) is 40.2 Å². The zero-order chi connectivity index (χ0) is 30.3. The van der Waals surface area contributed by atoms with E-state index in [1.54, 1.807) is 48.5 Å². The van der Waals surface area contributed by atoms with Crippen LogP contribution in [0.2, 0.25) is 40.2 Å². The quantitative estimate of drug-likeness (QED) is 0.172. The third-order valence-corrected chi connectivity index (χ3v) is 9.74. The fraction of sp³-hybridized carbons (Fsp3) is 0.0625. The van der Waals surface area contributed by atoms with E-state index in [1.165, 1.54) is 18.2 Å². The second kappa shape index (κ2) is 12.8. The molecule has 0 saturated heterocycles. The van der Waals surface area contributed by atoms with Crippen LogP contribution in [-0.4, -0.2) is 10.2 Å². The van der Waals surface area contributed by atoms with Crippen molar-refractivity contribution in [1.82, 2.24) is 0 Å². The highest BCUT2D eigenvalue weighted by Crippen LogP contribution is 2.46. The lowest BCUT2D eigenvalue weighted by Gasteiger charge is -2.29. The number of halogens is 8. The topological polar surface area (TPSA) is 40.5 Å². The molecule has 5 aromatic carbocycles. The molecule has 0 radical (unpaired) electrons. The molecule has 0 spiro atoms. The average molecular weight is 718 g/mol. The van der Waals surface area contributed by atoms with E-state index in [0.717, 1.165) is 11.1 Å². The number of rotatable bonds is 6. The molecule has 0 aliphatic rings. The molecular formula is C32H18Cl8O2. The van der Waals surface area contributed by atoms with Crippen LogP contribution in [0.1, 0.15) is 22.3 Å². The Hall–Kier alpha value is -1.66. The van der Waals surface area contributed by atoms with Gasteiger partial charge in [-0.1, -0.05) is 129 Å². The number of hydrogen-bond donors (Lipinski definition) is 2. The minimum Gasteiger partial charge on any atom is -0.358 e. The van der Waals surface area contributed by atoms with Gasteiger partial charge in [-0.3, -0.25) is 0 Å². The van der Waals surface area contributed by atoms with Gasteiger partial charge in [0.2, 0.25) is 5.79 Å². The van der Waals surface area contributed by atoms with Crippen molar-refractivity contribution in [2.24, 2.45) is 0 Å². The smallest absolute Gasteiger partial charge is 0.218 e. The van der Waals surface area contributed by atoms with E-state index >= 15 is 0 Å². The highest BCUT2D eigenvalue weighted by atomic mass is 35.5. The molecule has 5 aromatic rings. The molecule has 0 aliphatic carbocycles. The van der Waals surface area contributed by atoms with Gasteiger partial charge >= 0.3 is 0 Å². The summed E-state index contributed by atoms with van der Waals surface area (Å²) >= 11 is 50.4. The van der Waals surface area contributed by atoms with Gasteiger partial charge in [-0.15, -0.1) is 0 Å². The molecule has 42 heavy (non-hydrogen) atoms. The summed E-state index contributed by atoms with van der Waals surface area (Å²) in [5.74, 6) is -2.51. The molecule has 0 atom stereocenters. The van der Waals surface area contributed by atoms with Crippen LogP contribution in [0.15, 0.2) is 84.9 Å². The lowest BCUT2D eigenvalue weighted by molar-refractivity contribution is -0.131. The first-order chi connectivity index (χ1) is 19.9. The minimum absolute atomic E-state index is 0.107. The Bertz CT molecular complexity index is 1830. The molecule has 214 valence electrons. The van der Waals surface area contributed by atoms with Gasteiger partial charge in [-0.2, -0.15) is 0 Å². The van der Waals surface area contributed by atoms with E-state index in [-0.39, 0.29) is 26.2 Å². The SMILES string of the molecule is OC(O)(c1ccc(Cl)c(Cl)c1)c1ccc(Cc2ccc(Cl)c(Cl)c2)c(-c2ccc(Cl)c(Cl)c2)c1-c1ccc(Cl)c(Cl)c1. The number of hydrogen-bond acceptors (Lipinski definition) is 2. The Balaban J connectivity index is 1.87. The molecule has 0 amide bonds. The molecule has 0 unspecified atom stereocenters. The zero-order valence-corrected chi connectivity index (χ0v) is 27.3. The first kappa shape index (κ1) is 31.8.